The zero-order valence-corrected chi connectivity index (χ0v) is 16.9. The van der Waals surface area contributed by atoms with E-state index in [0.29, 0.717) is 11.3 Å². The van der Waals surface area contributed by atoms with Gasteiger partial charge in [-0.25, -0.2) is 0 Å². The van der Waals surface area contributed by atoms with E-state index in [4.69, 9.17) is 0 Å². The molecule has 0 aliphatic carbocycles. The molecule has 0 aliphatic heterocycles. The number of hydrogen-bond donors (Lipinski definition) is 2. The van der Waals surface area contributed by atoms with E-state index in [1.54, 1.807) is 13.1 Å². The summed E-state index contributed by atoms with van der Waals surface area (Å²) in [4.78, 5) is 26.9. The van der Waals surface area contributed by atoms with Gasteiger partial charge in [-0.1, -0.05) is 48.5 Å². The van der Waals surface area contributed by atoms with Crippen molar-refractivity contribution >= 4 is 28.9 Å². The maximum atomic E-state index is 13.0. The lowest BCUT2D eigenvalue weighted by Crippen LogP contribution is -2.35. The third-order valence-corrected chi connectivity index (χ3v) is 4.68. The van der Waals surface area contributed by atoms with Gasteiger partial charge in [0.25, 0.3) is 5.91 Å². The summed E-state index contributed by atoms with van der Waals surface area (Å²) >= 11 is 0. The van der Waals surface area contributed by atoms with Crippen molar-refractivity contribution in [1.82, 2.24) is 4.90 Å². The first kappa shape index (κ1) is 20.1. The molecule has 148 valence electrons. The van der Waals surface area contributed by atoms with Crippen molar-refractivity contribution in [2.75, 3.05) is 24.2 Å². The van der Waals surface area contributed by atoms with Crippen LogP contribution in [-0.4, -0.2) is 30.3 Å². The average Bonchev–Trinajstić information content (AvgIpc) is 2.71. The minimum Gasteiger partial charge on any atom is -0.355 e. The maximum Gasteiger partial charge on any atom is 0.256 e. The predicted octanol–water partition coefficient (Wildman–Crippen LogP) is 4.76. The molecule has 0 bridgehead atoms. The van der Waals surface area contributed by atoms with E-state index in [2.05, 4.69) is 10.6 Å². The number of hydrogen-bond acceptors (Lipinski definition) is 3. The van der Waals surface area contributed by atoms with Crippen molar-refractivity contribution in [3.63, 3.8) is 0 Å². The Morgan fingerprint density at radius 2 is 1.45 bits per heavy atom. The molecule has 0 fully saturated rings. The van der Waals surface area contributed by atoms with Crippen molar-refractivity contribution in [1.29, 1.82) is 0 Å². The number of para-hydroxylation sites is 3. The molecule has 29 heavy (non-hydrogen) atoms. The van der Waals surface area contributed by atoms with Crippen LogP contribution in [0.1, 0.15) is 21.5 Å². The maximum absolute atomic E-state index is 13.0. The topological polar surface area (TPSA) is 61.4 Å². The van der Waals surface area contributed by atoms with Crippen molar-refractivity contribution in [3.8, 4) is 0 Å². The fourth-order valence-electron chi connectivity index (χ4n) is 3.14. The van der Waals surface area contributed by atoms with Gasteiger partial charge in [0.05, 0.1) is 17.8 Å². The standard InChI is InChI=1S/C24H25N3O2/c1-17-10-9-11-18(2)23(17)26-22(28)16-27(3)24(29)20-14-7-8-15-21(20)25-19-12-5-4-6-13-19/h4-15,25H,16H2,1-3H3,(H,26,28). The third kappa shape index (κ3) is 5.02. The van der Waals surface area contributed by atoms with Gasteiger partial charge in [-0.05, 0) is 49.2 Å². The summed E-state index contributed by atoms with van der Waals surface area (Å²) < 4.78 is 0. The highest BCUT2D eigenvalue weighted by molar-refractivity contribution is 6.03. The van der Waals surface area contributed by atoms with Crippen LogP contribution >= 0.6 is 0 Å². The predicted molar refractivity (Wildman–Crippen MR) is 118 cm³/mol. The average molecular weight is 387 g/mol. The zero-order valence-electron chi connectivity index (χ0n) is 16.9. The van der Waals surface area contributed by atoms with Gasteiger partial charge in [0.1, 0.15) is 0 Å². The largest absolute Gasteiger partial charge is 0.355 e. The molecule has 0 aromatic heterocycles. The van der Waals surface area contributed by atoms with Crippen molar-refractivity contribution < 1.29 is 9.59 Å². The Morgan fingerprint density at radius 1 is 0.828 bits per heavy atom. The second kappa shape index (κ2) is 9.06. The molecule has 0 heterocycles. The SMILES string of the molecule is Cc1cccc(C)c1NC(=O)CN(C)C(=O)c1ccccc1Nc1ccccc1. The zero-order chi connectivity index (χ0) is 20.8. The number of rotatable bonds is 6. The number of carbonyl (C=O) groups is 2. The van der Waals surface area contributed by atoms with Crippen LogP contribution in [0.3, 0.4) is 0 Å². The van der Waals surface area contributed by atoms with E-state index < -0.39 is 0 Å². The lowest BCUT2D eigenvalue weighted by molar-refractivity contribution is -0.116. The molecule has 0 radical (unpaired) electrons. The van der Waals surface area contributed by atoms with Gasteiger partial charge in [0, 0.05) is 18.4 Å². The summed E-state index contributed by atoms with van der Waals surface area (Å²) in [6.45, 7) is 3.86. The molecular formula is C24H25N3O2. The van der Waals surface area contributed by atoms with Crippen LogP contribution in [0.2, 0.25) is 0 Å². The molecule has 3 rings (SSSR count). The van der Waals surface area contributed by atoms with Crippen LogP contribution in [0, 0.1) is 13.8 Å². The highest BCUT2D eigenvalue weighted by Gasteiger charge is 2.18. The number of nitrogens with zero attached hydrogens (tertiary/aromatic N) is 1. The van der Waals surface area contributed by atoms with Crippen molar-refractivity contribution in [2.24, 2.45) is 0 Å². The molecule has 2 amide bonds. The molecule has 0 unspecified atom stereocenters. The van der Waals surface area contributed by atoms with Gasteiger partial charge in [-0.2, -0.15) is 0 Å². The molecule has 3 aromatic carbocycles. The molecule has 0 saturated carbocycles. The molecule has 0 aliphatic rings. The number of amides is 2. The Bertz CT molecular complexity index is 995. The first-order valence-corrected chi connectivity index (χ1v) is 9.48. The highest BCUT2D eigenvalue weighted by atomic mass is 16.2. The van der Waals surface area contributed by atoms with E-state index in [1.807, 2.05) is 80.6 Å². The fourth-order valence-corrected chi connectivity index (χ4v) is 3.14. The van der Waals surface area contributed by atoms with Crippen LogP contribution in [0.25, 0.3) is 0 Å². The van der Waals surface area contributed by atoms with Crippen LogP contribution in [0.15, 0.2) is 72.8 Å². The van der Waals surface area contributed by atoms with Gasteiger partial charge < -0.3 is 15.5 Å². The number of likely N-dealkylation sites (N-methyl/N-ethyl adjacent to an activating group) is 1. The van der Waals surface area contributed by atoms with E-state index in [9.17, 15) is 9.59 Å². The number of anilines is 3. The monoisotopic (exact) mass is 387 g/mol. The Labute approximate surface area is 171 Å². The van der Waals surface area contributed by atoms with E-state index in [1.165, 1.54) is 4.90 Å². The second-order valence-corrected chi connectivity index (χ2v) is 7.01. The molecule has 5 heteroatoms. The van der Waals surface area contributed by atoms with E-state index in [-0.39, 0.29) is 18.4 Å². The lowest BCUT2D eigenvalue weighted by atomic mass is 10.1. The quantitative estimate of drug-likeness (QED) is 0.641. The lowest BCUT2D eigenvalue weighted by Gasteiger charge is -2.20. The number of benzene rings is 3. The minimum absolute atomic E-state index is 0.0354. The Kier molecular flexibility index (Phi) is 6.29. The Morgan fingerprint density at radius 3 is 2.14 bits per heavy atom. The van der Waals surface area contributed by atoms with Gasteiger partial charge in [0.15, 0.2) is 0 Å². The van der Waals surface area contributed by atoms with Gasteiger partial charge in [-0.15, -0.1) is 0 Å². The molecule has 5 nitrogen and oxygen atoms in total. The van der Waals surface area contributed by atoms with Gasteiger partial charge in [0.2, 0.25) is 5.91 Å². The smallest absolute Gasteiger partial charge is 0.256 e. The molecule has 0 saturated heterocycles. The minimum atomic E-state index is -0.230. The summed E-state index contributed by atoms with van der Waals surface area (Å²) in [5.41, 5.74) is 4.88. The van der Waals surface area contributed by atoms with Crippen molar-refractivity contribution in [2.45, 2.75) is 13.8 Å². The molecule has 2 N–H and O–H groups in total. The fraction of sp³-hybridized carbons (Fsp3) is 0.167. The van der Waals surface area contributed by atoms with Gasteiger partial charge in [-0.3, -0.25) is 9.59 Å². The third-order valence-electron chi connectivity index (χ3n) is 4.68. The molecule has 0 spiro atoms. The first-order valence-electron chi connectivity index (χ1n) is 9.48. The van der Waals surface area contributed by atoms with Crippen LogP contribution in [0.4, 0.5) is 17.1 Å². The molecule has 0 atom stereocenters. The van der Waals surface area contributed by atoms with Crippen molar-refractivity contribution in [3.05, 3.63) is 89.5 Å². The number of aryl methyl sites for hydroxylation is 2. The summed E-state index contributed by atoms with van der Waals surface area (Å²) in [5.74, 6) is -0.451. The Hall–Kier alpha value is -3.60. The number of carbonyl (C=O) groups excluding carboxylic acids is 2. The highest BCUT2D eigenvalue weighted by Crippen LogP contribution is 2.22. The second-order valence-electron chi connectivity index (χ2n) is 7.01. The van der Waals surface area contributed by atoms with E-state index in [0.717, 1.165) is 22.5 Å². The Balaban J connectivity index is 1.71. The summed E-state index contributed by atoms with van der Waals surface area (Å²) in [6, 6.07) is 22.8. The summed E-state index contributed by atoms with van der Waals surface area (Å²) in [6.07, 6.45) is 0. The normalized spacial score (nSPS) is 10.3. The summed E-state index contributed by atoms with van der Waals surface area (Å²) in [5, 5.41) is 6.19. The van der Waals surface area contributed by atoms with Crippen LogP contribution in [-0.2, 0) is 4.79 Å². The number of nitrogens with one attached hydrogen (secondary N) is 2. The molecule has 3 aromatic rings. The van der Waals surface area contributed by atoms with Gasteiger partial charge >= 0.3 is 0 Å². The first-order chi connectivity index (χ1) is 14.0. The van der Waals surface area contributed by atoms with Crippen LogP contribution in [0.5, 0.6) is 0 Å². The van der Waals surface area contributed by atoms with Crippen LogP contribution < -0.4 is 10.6 Å². The summed E-state index contributed by atoms with van der Waals surface area (Å²) in [7, 11) is 1.63. The van der Waals surface area contributed by atoms with E-state index >= 15 is 0 Å². The molecular weight excluding hydrogens is 362 g/mol.